The number of benzene rings is 1. The molecule has 168 valence electrons. The topological polar surface area (TPSA) is 9.23 Å². The first kappa shape index (κ1) is 22.0. The van der Waals surface area contributed by atoms with Crippen LogP contribution in [-0.2, 0) is 0 Å². The molecule has 0 heterocycles. The van der Waals surface area contributed by atoms with Crippen LogP contribution in [0.2, 0.25) is 0 Å². The summed E-state index contributed by atoms with van der Waals surface area (Å²) in [6.07, 6.45) is 14.9. The molecule has 1 aromatic carbocycles. The molecule has 0 spiro atoms. The van der Waals surface area contributed by atoms with E-state index in [1.54, 1.807) is 0 Å². The first-order valence-corrected chi connectivity index (χ1v) is 12.3. The van der Waals surface area contributed by atoms with Gasteiger partial charge in [-0.15, -0.1) is 13.2 Å². The summed E-state index contributed by atoms with van der Waals surface area (Å²) in [6.45, 7) is 0. The van der Waals surface area contributed by atoms with E-state index in [9.17, 15) is 13.2 Å². The Morgan fingerprint density at radius 2 is 1.17 bits per heavy atom. The maximum atomic E-state index is 12.3. The molecule has 1 aromatic rings. The summed E-state index contributed by atoms with van der Waals surface area (Å²) in [6, 6.07) is 6.54. The van der Waals surface area contributed by atoms with Crippen molar-refractivity contribution in [3.05, 3.63) is 29.8 Å². The monoisotopic (exact) mass is 422 g/mol. The minimum absolute atomic E-state index is 0.123. The van der Waals surface area contributed by atoms with E-state index in [1.165, 1.54) is 102 Å². The first-order chi connectivity index (χ1) is 14.5. The number of hydrogen-bond donors (Lipinski definition) is 0. The van der Waals surface area contributed by atoms with Crippen LogP contribution in [-0.4, -0.2) is 6.36 Å². The van der Waals surface area contributed by atoms with Gasteiger partial charge in [-0.3, -0.25) is 0 Å². The zero-order chi connectivity index (χ0) is 21.0. The predicted molar refractivity (Wildman–Crippen MR) is 114 cm³/mol. The Hall–Kier alpha value is -1.19. The largest absolute Gasteiger partial charge is 0.573 e. The average Bonchev–Trinajstić information content (AvgIpc) is 3.27. The third kappa shape index (κ3) is 6.17. The van der Waals surface area contributed by atoms with Crippen LogP contribution >= 0.6 is 0 Å². The Balaban J connectivity index is 1.15. The Morgan fingerprint density at radius 1 is 0.667 bits per heavy atom. The van der Waals surface area contributed by atoms with Crippen molar-refractivity contribution >= 4 is 0 Å². The van der Waals surface area contributed by atoms with Gasteiger partial charge >= 0.3 is 6.36 Å². The molecule has 0 atom stereocenters. The van der Waals surface area contributed by atoms with Crippen molar-refractivity contribution in [1.82, 2.24) is 0 Å². The summed E-state index contributed by atoms with van der Waals surface area (Å²) in [7, 11) is 0. The molecule has 30 heavy (non-hydrogen) atoms. The molecule has 4 heteroatoms. The van der Waals surface area contributed by atoms with Crippen molar-refractivity contribution in [2.24, 2.45) is 23.7 Å². The van der Waals surface area contributed by atoms with Crippen LogP contribution in [0.4, 0.5) is 13.2 Å². The maximum absolute atomic E-state index is 12.3. The van der Waals surface area contributed by atoms with E-state index in [4.69, 9.17) is 0 Å². The number of ether oxygens (including phenoxy) is 1. The molecule has 0 amide bonds. The van der Waals surface area contributed by atoms with E-state index in [0.717, 1.165) is 29.2 Å². The molecular weight excluding hydrogens is 385 g/mol. The molecule has 0 aromatic heterocycles. The molecule has 0 radical (unpaired) electrons. The zero-order valence-corrected chi connectivity index (χ0v) is 18.1. The van der Waals surface area contributed by atoms with E-state index in [0.29, 0.717) is 5.92 Å². The third-order valence-corrected chi connectivity index (χ3v) is 8.37. The van der Waals surface area contributed by atoms with Crippen molar-refractivity contribution in [3.63, 3.8) is 0 Å². The summed E-state index contributed by atoms with van der Waals surface area (Å²) in [5.74, 6) is 4.26. The molecule has 3 aliphatic rings. The van der Waals surface area contributed by atoms with Gasteiger partial charge in [-0.1, -0.05) is 63.5 Å². The lowest BCUT2D eigenvalue weighted by molar-refractivity contribution is -0.274. The lowest BCUT2D eigenvalue weighted by atomic mass is 9.72. The lowest BCUT2D eigenvalue weighted by Gasteiger charge is -2.34. The standard InChI is InChI=1S/C26H37F3O/c27-26(28,29)30-25-17-15-24(16-18-25)23-13-9-20(10-14-23)6-5-19-7-11-22(12-8-19)21-3-1-2-4-21/h15-23H,1-14H2. The second kappa shape index (κ2) is 9.96. The number of hydrogen-bond acceptors (Lipinski definition) is 1. The normalized spacial score (nSPS) is 31.0. The molecule has 3 aliphatic carbocycles. The Morgan fingerprint density at radius 3 is 1.70 bits per heavy atom. The predicted octanol–water partition coefficient (Wildman–Crippen LogP) is 8.64. The van der Waals surface area contributed by atoms with Crippen LogP contribution in [0.3, 0.4) is 0 Å². The van der Waals surface area contributed by atoms with Crippen LogP contribution in [0.15, 0.2) is 24.3 Å². The fourth-order valence-electron chi connectivity index (χ4n) is 6.57. The number of halogens is 3. The molecule has 0 unspecified atom stereocenters. The van der Waals surface area contributed by atoms with Crippen molar-refractivity contribution < 1.29 is 17.9 Å². The number of rotatable bonds is 6. The minimum atomic E-state index is -4.62. The fourth-order valence-corrected chi connectivity index (χ4v) is 6.57. The van der Waals surface area contributed by atoms with Crippen LogP contribution < -0.4 is 4.74 Å². The van der Waals surface area contributed by atoms with E-state index in [1.807, 2.05) is 12.1 Å². The van der Waals surface area contributed by atoms with Crippen molar-refractivity contribution in [2.75, 3.05) is 0 Å². The van der Waals surface area contributed by atoms with Gasteiger partial charge in [0.2, 0.25) is 0 Å². The highest BCUT2D eigenvalue weighted by molar-refractivity contribution is 5.29. The van der Waals surface area contributed by atoms with E-state index >= 15 is 0 Å². The van der Waals surface area contributed by atoms with Crippen molar-refractivity contribution in [2.45, 2.75) is 102 Å². The van der Waals surface area contributed by atoms with Gasteiger partial charge in [0.05, 0.1) is 0 Å². The highest BCUT2D eigenvalue weighted by Crippen LogP contribution is 2.43. The summed E-state index contributed by atoms with van der Waals surface area (Å²) in [4.78, 5) is 0. The second-order valence-electron chi connectivity index (χ2n) is 10.2. The van der Waals surface area contributed by atoms with Gasteiger partial charge in [0.15, 0.2) is 0 Å². The summed E-state index contributed by atoms with van der Waals surface area (Å²) in [5, 5.41) is 0. The van der Waals surface area contributed by atoms with Gasteiger partial charge in [-0.05, 0) is 85.8 Å². The molecule has 0 N–H and O–H groups in total. The quantitative estimate of drug-likeness (QED) is 0.446. The molecule has 4 rings (SSSR count). The highest BCUT2D eigenvalue weighted by Gasteiger charge is 2.32. The molecular formula is C26H37F3O. The van der Waals surface area contributed by atoms with Gasteiger partial charge in [0.1, 0.15) is 5.75 Å². The van der Waals surface area contributed by atoms with Gasteiger partial charge in [-0.25, -0.2) is 0 Å². The summed E-state index contributed by atoms with van der Waals surface area (Å²) in [5.41, 5.74) is 1.16. The molecule has 3 fully saturated rings. The summed E-state index contributed by atoms with van der Waals surface area (Å²) >= 11 is 0. The zero-order valence-electron chi connectivity index (χ0n) is 18.1. The molecule has 0 bridgehead atoms. The van der Waals surface area contributed by atoms with Gasteiger partial charge in [-0.2, -0.15) is 0 Å². The SMILES string of the molecule is FC(F)(F)Oc1ccc(C2CCC(CCC3CCC(C4CCCC4)CC3)CC2)cc1. The minimum Gasteiger partial charge on any atom is -0.406 e. The second-order valence-corrected chi connectivity index (χ2v) is 10.2. The Kier molecular flexibility index (Phi) is 7.31. The first-order valence-electron chi connectivity index (χ1n) is 12.3. The third-order valence-electron chi connectivity index (χ3n) is 8.37. The van der Waals surface area contributed by atoms with Crippen LogP contribution in [0.25, 0.3) is 0 Å². The lowest BCUT2D eigenvalue weighted by Crippen LogP contribution is -2.21. The van der Waals surface area contributed by atoms with Gasteiger partial charge in [0, 0.05) is 0 Å². The number of alkyl halides is 3. The van der Waals surface area contributed by atoms with Crippen LogP contribution in [0, 0.1) is 23.7 Å². The summed E-state index contributed by atoms with van der Waals surface area (Å²) < 4.78 is 40.9. The smallest absolute Gasteiger partial charge is 0.406 e. The average molecular weight is 423 g/mol. The molecule has 3 saturated carbocycles. The van der Waals surface area contributed by atoms with E-state index in [-0.39, 0.29) is 5.75 Å². The van der Waals surface area contributed by atoms with E-state index in [2.05, 4.69) is 4.74 Å². The Labute approximate surface area is 179 Å². The van der Waals surface area contributed by atoms with Crippen molar-refractivity contribution in [3.8, 4) is 5.75 Å². The van der Waals surface area contributed by atoms with Gasteiger partial charge < -0.3 is 4.74 Å². The van der Waals surface area contributed by atoms with Crippen LogP contribution in [0.1, 0.15) is 101 Å². The fraction of sp³-hybridized carbons (Fsp3) is 0.769. The van der Waals surface area contributed by atoms with Crippen LogP contribution in [0.5, 0.6) is 5.75 Å². The molecule has 0 saturated heterocycles. The Bertz CT molecular complexity index is 631. The molecule has 1 nitrogen and oxygen atoms in total. The van der Waals surface area contributed by atoms with E-state index < -0.39 is 6.36 Å². The maximum Gasteiger partial charge on any atom is 0.573 e. The van der Waals surface area contributed by atoms with Crippen molar-refractivity contribution in [1.29, 1.82) is 0 Å². The molecule has 0 aliphatic heterocycles. The van der Waals surface area contributed by atoms with Gasteiger partial charge in [0.25, 0.3) is 0 Å². The highest BCUT2D eigenvalue weighted by atomic mass is 19.4.